The van der Waals surface area contributed by atoms with E-state index in [9.17, 15) is 4.79 Å². The van der Waals surface area contributed by atoms with Crippen molar-refractivity contribution in [3.63, 3.8) is 0 Å². The molecule has 6 aromatic rings. The van der Waals surface area contributed by atoms with Gasteiger partial charge in [-0.25, -0.2) is 4.68 Å². The maximum absolute atomic E-state index is 13.3. The first-order valence-electron chi connectivity index (χ1n) is 13.1. The maximum atomic E-state index is 13.3. The van der Waals surface area contributed by atoms with Gasteiger partial charge in [-0.3, -0.25) is 4.79 Å². The number of rotatable bonds is 8. The number of benzene rings is 3. The van der Waals surface area contributed by atoms with E-state index in [1.165, 1.54) is 15.9 Å². The zero-order valence-corrected chi connectivity index (χ0v) is 23.0. The van der Waals surface area contributed by atoms with Crippen molar-refractivity contribution < 1.29 is 4.74 Å². The molecule has 198 valence electrons. The van der Waals surface area contributed by atoms with E-state index in [4.69, 9.17) is 9.84 Å². The number of aromatic nitrogens is 5. The van der Waals surface area contributed by atoms with Crippen molar-refractivity contribution in [1.82, 2.24) is 24.4 Å². The number of fused-ring (bicyclic) bond motifs is 1. The summed E-state index contributed by atoms with van der Waals surface area (Å²) in [7, 11) is 0. The normalized spacial score (nSPS) is 12.1. The second-order valence-corrected chi connectivity index (χ2v) is 10.4. The lowest BCUT2D eigenvalue weighted by molar-refractivity contribution is 0.317. The van der Waals surface area contributed by atoms with Gasteiger partial charge in [-0.05, 0) is 67.0 Å². The number of hydrogen-bond acceptors (Lipinski definition) is 6. The van der Waals surface area contributed by atoms with E-state index in [1.54, 1.807) is 0 Å². The summed E-state index contributed by atoms with van der Waals surface area (Å²) < 4.78 is 9.58. The summed E-state index contributed by atoms with van der Waals surface area (Å²) in [6.45, 7) is 4.81. The molecule has 40 heavy (non-hydrogen) atoms. The lowest BCUT2D eigenvalue weighted by Gasteiger charge is -2.09. The Morgan fingerprint density at radius 2 is 1.73 bits per heavy atom. The van der Waals surface area contributed by atoms with Crippen molar-refractivity contribution in [2.75, 3.05) is 6.61 Å². The molecule has 3 aromatic carbocycles. The van der Waals surface area contributed by atoms with Gasteiger partial charge in [-0.2, -0.15) is 14.6 Å². The molecule has 0 spiro atoms. The Labute approximate surface area is 235 Å². The Kier molecular flexibility index (Phi) is 7.08. The Bertz CT molecular complexity index is 1920. The fraction of sp³-hybridized carbons (Fsp3) is 0.125. The van der Waals surface area contributed by atoms with Crippen LogP contribution in [0, 0.1) is 6.92 Å². The molecule has 7 nitrogen and oxygen atoms in total. The van der Waals surface area contributed by atoms with Gasteiger partial charge in [-0.1, -0.05) is 72.9 Å². The first-order valence-corrected chi connectivity index (χ1v) is 13.9. The molecule has 0 bridgehead atoms. The Hall–Kier alpha value is -4.82. The minimum absolute atomic E-state index is 0.203. The lowest BCUT2D eigenvalue weighted by Crippen LogP contribution is -2.23. The van der Waals surface area contributed by atoms with Crippen LogP contribution < -0.4 is 14.8 Å². The van der Waals surface area contributed by atoms with E-state index < -0.39 is 0 Å². The number of ether oxygens (including phenoxy) is 1. The highest BCUT2D eigenvalue weighted by molar-refractivity contribution is 7.15. The molecule has 0 aliphatic carbocycles. The summed E-state index contributed by atoms with van der Waals surface area (Å²) in [5.74, 6) is 1.33. The molecule has 0 N–H and O–H groups in total. The summed E-state index contributed by atoms with van der Waals surface area (Å²) in [4.78, 5) is 18.4. The zero-order chi connectivity index (χ0) is 27.5. The Balaban J connectivity index is 1.41. The van der Waals surface area contributed by atoms with Gasteiger partial charge in [0.15, 0.2) is 5.82 Å². The van der Waals surface area contributed by atoms with Crippen molar-refractivity contribution in [2.24, 2.45) is 0 Å². The van der Waals surface area contributed by atoms with Crippen molar-refractivity contribution in [3.8, 4) is 22.7 Å². The van der Waals surface area contributed by atoms with E-state index in [0.717, 1.165) is 45.8 Å². The standard InChI is InChI=1S/C32H27N5O2S/c1-3-18-39-26-15-16-27(22(2)19-26)30-24(21-36(35-30)25-12-8-5-9-13-25)20-28-31(38)37-32(40-28)33-29(34-37)17-14-23-10-6-4-7-11-23/h4-17,19-21H,3,18H2,1-2H3/b17-14+,28-20-. The van der Waals surface area contributed by atoms with Crippen LogP contribution in [0.3, 0.4) is 0 Å². The van der Waals surface area contributed by atoms with Crippen LogP contribution in [-0.2, 0) is 0 Å². The van der Waals surface area contributed by atoms with Crippen LogP contribution in [0.5, 0.6) is 5.75 Å². The molecule has 0 aliphatic rings. The predicted octanol–water partition coefficient (Wildman–Crippen LogP) is 5.82. The second kappa shape index (κ2) is 11.1. The third-order valence-corrected chi connectivity index (χ3v) is 7.36. The van der Waals surface area contributed by atoms with Crippen LogP contribution in [-0.4, -0.2) is 31.0 Å². The molecule has 3 heterocycles. The summed E-state index contributed by atoms with van der Waals surface area (Å²) >= 11 is 1.32. The minimum Gasteiger partial charge on any atom is -0.494 e. The molecule has 0 amide bonds. The van der Waals surface area contributed by atoms with Gasteiger partial charge < -0.3 is 4.74 Å². The van der Waals surface area contributed by atoms with E-state index in [0.29, 0.717) is 21.9 Å². The average molecular weight is 546 g/mol. The lowest BCUT2D eigenvalue weighted by atomic mass is 10.0. The third-order valence-electron chi connectivity index (χ3n) is 6.40. The molecular formula is C32H27N5O2S. The Morgan fingerprint density at radius 3 is 2.45 bits per heavy atom. The predicted molar refractivity (Wildman–Crippen MR) is 161 cm³/mol. The van der Waals surface area contributed by atoms with Gasteiger partial charge in [-0.15, -0.1) is 5.10 Å². The highest BCUT2D eigenvalue weighted by Gasteiger charge is 2.16. The number of thiazole rings is 1. The van der Waals surface area contributed by atoms with Gasteiger partial charge in [0.1, 0.15) is 11.4 Å². The van der Waals surface area contributed by atoms with Gasteiger partial charge in [0.25, 0.3) is 5.56 Å². The molecule has 0 fully saturated rings. The molecule has 0 aliphatic heterocycles. The van der Waals surface area contributed by atoms with Crippen molar-refractivity contribution in [3.05, 3.63) is 122 Å². The summed E-state index contributed by atoms with van der Waals surface area (Å²) in [6.07, 6.45) is 8.53. The maximum Gasteiger partial charge on any atom is 0.291 e. The van der Waals surface area contributed by atoms with Crippen molar-refractivity contribution >= 4 is 34.5 Å². The highest BCUT2D eigenvalue weighted by atomic mass is 32.1. The van der Waals surface area contributed by atoms with E-state index in [2.05, 4.69) is 17.0 Å². The fourth-order valence-electron chi connectivity index (χ4n) is 4.42. The molecule has 0 unspecified atom stereocenters. The van der Waals surface area contributed by atoms with Gasteiger partial charge in [0.05, 0.1) is 16.8 Å². The number of hydrogen-bond donors (Lipinski definition) is 0. The fourth-order valence-corrected chi connectivity index (χ4v) is 5.33. The summed E-state index contributed by atoms with van der Waals surface area (Å²) in [6, 6.07) is 25.9. The van der Waals surface area contributed by atoms with E-state index in [1.807, 2.05) is 115 Å². The number of para-hydroxylation sites is 1. The van der Waals surface area contributed by atoms with E-state index >= 15 is 0 Å². The number of nitrogens with zero attached hydrogens (tertiary/aromatic N) is 5. The average Bonchev–Trinajstić information content (AvgIpc) is 3.66. The Morgan fingerprint density at radius 1 is 0.950 bits per heavy atom. The molecule has 3 aromatic heterocycles. The van der Waals surface area contributed by atoms with Crippen molar-refractivity contribution in [1.29, 1.82) is 0 Å². The smallest absolute Gasteiger partial charge is 0.291 e. The molecular weight excluding hydrogens is 518 g/mol. The molecule has 8 heteroatoms. The topological polar surface area (TPSA) is 74.3 Å². The highest BCUT2D eigenvalue weighted by Crippen LogP contribution is 2.30. The van der Waals surface area contributed by atoms with Crippen LogP contribution in [0.2, 0.25) is 0 Å². The van der Waals surface area contributed by atoms with Gasteiger partial charge in [0, 0.05) is 17.3 Å². The largest absolute Gasteiger partial charge is 0.494 e. The molecule has 6 rings (SSSR count). The molecule has 0 saturated heterocycles. The molecule has 0 saturated carbocycles. The van der Waals surface area contributed by atoms with Crippen LogP contribution in [0.15, 0.2) is 89.9 Å². The van der Waals surface area contributed by atoms with E-state index in [-0.39, 0.29) is 5.56 Å². The first kappa shape index (κ1) is 25.5. The minimum atomic E-state index is -0.203. The monoisotopic (exact) mass is 545 g/mol. The zero-order valence-electron chi connectivity index (χ0n) is 22.2. The third kappa shape index (κ3) is 5.21. The van der Waals surface area contributed by atoms with Crippen LogP contribution in [0.25, 0.3) is 40.1 Å². The van der Waals surface area contributed by atoms with Gasteiger partial charge >= 0.3 is 0 Å². The SMILES string of the molecule is CCCOc1ccc(-c2nn(-c3ccccc3)cc2/C=c2\sc3nc(/C=C/c4ccccc4)nn3c2=O)c(C)c1. The summed E-state index contributed by atoms with van der Waals surface area (Å²) in [5, 5.41) is 9.37. The molecule has 0 radical (unpaired) electrons. The first-order chi connectivity index (χ1) is 19.6. The quantitative estimate of drug-likeness (QED) is 0.241. The summed E-state index contributed by atoms with van der Waals surface area (Å²) in [5.41, 5.74) is 5.41. The number of aryl methyl sites for hydroxylation is 1. The second-order valence-electron chi connectivity index (χ2n) is 9.36. The molecule has 0 atom stereocenters. The van der Waals surface area contributed by atoms with Crippen LogP contribution in [0.4, 0.5) is 0 Å². The van der Waals surface area contributed by atoms with Crippen LogP contribution in [0.1, 0.15) is 35.9 Å². The van der Waals surface area contributed by atoms with Crippen LogP contribution >= 0.6 is 11.3 Å². The van der Waals surface area contributed by atoms with Gasteiger partial charge in [0.2, 0.25) is 4.96 Å². The van der Waals surface area contributed by atoms with Crippen molar-refractivity contribution in [2.45, 2.75) is 20.3 Å².